The second-order valence-electron chi connectivity index (χ2n) is 3.81. The molecule has 17 heavy (non-hydrogen) atoms. The Morgan fingerprint density at radius 1 is 1.24 bits per heavy atom. The molecule has 0 aliphatic rings. The predicted molar refractivity (Wildman–Crippen MR) is 63.6 cm³/mol. The fourth-order valence-corrected chi connectivity index (χ4v) is 2.05. The van der Waals surface area contributed by atoms with Crippen molar-refractivity contribution in [2.45, 2.75) is 20.3 Å². The van der Waals surface area contributed by atoms with E-state index >= 15 is 0 Å². The van der Waals surface area contributed by atoms with Crippen LogP contribution in [0, 0.1) is 13.8 Å². The molecule has 0 aliphatic heterocycles. The number of aryl methyl sites for hydroxylation is 2. The molecule has 1 aromatic carbocycles. The van der Waals surface area contributed by atoms with Crippen molar-refractivity contribution < 1.29 is 42.5 Å². The van der Waals surface area contributed by atoms with Crippen molar-refractivity contribution in [1.82, 2.24) is 0 Å². The average Bonchev–Trinajstić information content (AvgIpc) is 2.14. The Labute approximate surface area is 125 Å². The number of anilines is 1. The Kier molecular flexibility index (Phi) is 7.35. The molecule has 6 heteroatoms. The first-order chi connectivity index (χ1) is 7.40. The van der Waals surface area contributed by atoms with E-state index in [4.69, 9.17) is 0 Å². The van der Waals surface area contributed by atoms with Crippen molar-refractivity contribution in [3.63, 3.8) is 0 Å². The Hall–Kier alpha value is -0.0700. The molecule has 4 nitrogen and oxygen atoms in total. The van der Waals surface area contributed by atoms with Gasteiger partial charge in [-0.2, -0.15) is 0 Å². The first kappa shape index (κ1) is 16.9. The van der Waals surface area contributed by atoms with E-state index in [1.165, 1.54) is 0 Å². The summed E-state index contributed by atoms with van der Waals surface area (Å²) in [6, 6.07) is 5.94. The van der Waals surface area contributed by atoms with Crippen molar-refractivity contribution in [3.8, 4) is 0 Å². The van der Waals surface area contributed by atoms with E-state index in [-0.39, 0.29) is 35.3 Å². The van der Waals surface area contributed by atoms with E-state index in [2.05, 4.69) is 5.32 Å². The van der Waals surface area contributed by atoms with Gasteiger partial charge in [-0.3, -0.25) is 0 Å². The summed E-state index contributed by atoms with van der Waals surface area (Å²) in [5, 5.41) is 3.15. The van der Waals surface area contributed by atoms with Crippen molar-refractivity contribution >= 4 is 15.8 Å². The smallest absolute Gasteiger partial charge is 0.748 e. The Balaban J connectivity index is 0.00000256. The molecule has 0 amide bonds. The van der Waals surface area contributed by atoms with Gasteiger partial charge in [-0.05, 0) is 31.4 Å². The molecule has 0 heterocycles. The van der Waals surface area contributed by atoms with E-state index < -0.39 is 10.1 Å². The minimum Gasteiger partial charge on any atom is -0.748 e. The second kappa shape index (κ2) is 7.38. The van der Waals surface area contributed by atoms with E-state index in [9.17, 15) is 13.0 Å². The molecule has 0 aromatic heterocycles. The van der Waals surface area contributed by atoms with Gasteiger partial charge in [-0.15, -0.1) is 0 Å². The summed E-state index contributed by atoms with van der Waals surface area (Å²) in [7, 11) is -4.09. The number of benzene rings is 1. The molecule has 1 rings (SSSR count). The van der Waals surface area contributed by atoms with Crippen molar-refractivity contribution in [1.29, 1.82) is 0 Å². The molecule has 1 aromatic rings. The fraction of sp³-hybridized carbons (Fsp3) is 0.455. The predicted octanol–water partition coefficient (Wildman–Crippen LogP) is -1.35. The van der Waals surface area contributed by atoms with E-state index in [1.807, 2.05) is 32.0 Å². The number of nitrogens with one attached hydrogen (secondary N) is 1. The molecule has 0 radical (unpaired) electrons. The number of para-hydroxylation sites is 1. The van der Waals surface area contributed by atoms with Gasteiger partial charge in [0.15, 0.2) is 0 Å². The summed E-state index contributed by atoms with van der Waals surface area (Å²) in [6.07, 6.45) is 0.333. The molecule has 0 aliphatic carbocycles. The van der Waals surface area contributed by atoms with Gasteiger partial charge in [0.1, 0.15) is 0 Å². The summed E-state index contributed by atoms with van der Waals surface area (Å²) < 4.78 is 31.2. The van der Waals surface area contributed by atoms with Crippen LogP contribution in [0.15, 0.2) is 18.2 Å². The van der Waals surface area contributed by atoms with Crippen LogP contribution >= 0.6 is 0 Å². The third-order valence-corrected chi connectivity index (χ3v) is 3.14. The molecule has 0 spiro atoms. The second-order valence-corrected chi connectivity index (χ2v) is 5.33. The van der Waals surface area contributed by atoms with Crippen LogP contribution in [0.3, 0.4) is 0 Å². The first-order valence-corrected chi connectivity index (χ1v) is 6.71. The van der Waals surface area contributed by atoms with Gasteiger partial charge in [-0.1, -0.05) is 18.2 Å². The molecular weight excluding hydrogens is 249 g/mol. The van der Waals surface area contributed by atoms with E-state index in [0.717, 1.165) is 16.8 Å². The van der Waals surface area contributed by atoms with Crippen LogP contribution in [-0.4, -0.2) is 25.3 Å². The zero-order valence-corrected chi connectivity index (χ0v) is 13.3. The Bertz CT molecular complexity index is 440. The van der Waals surface area contributed by atoms with Crippen LogP contribution in [0.4, 0.5) is 5.69 Å². The Morgan fingerprint density at radius 2 is 1.76 bits per heavy atom. The normalized spacial score (nSPS) is 10.8. The minimum atomic E-state index is -4.09. The summed E-state index contributed by atoms with van der Waals surface area (Å²) in [6.45, 7) is 4.46. The van der Waals surface area contributed by atoms with Crippen LogP contribution < -0.4 is 34.9 Å². The molecule has 0 bridgehead atoms. The van der Waals surface area contributed by atoms with Crippen molar-refractivity contribution in [2.24, 2.45) is 0 Å². The molecule has 0 fully saturated rings. The molecular formula is C11H16NNaO3S. The largest absolute Gasteiger partial charge is 1.00 e. The minimum absolute atomic E-state index is 0. The topological polar surface area (TPSA) is 69.2 Å². The number of hydrogen-bond acceptors (Lipinski definition) is 4. The van der Waals surface area contributed by atoms with Gasteiger partial charge in [0, 0.05) is 18.0 Å². The van der Waals surface area contributed by atoms with E-state index in [0.29, 0.717) is 13.0 Å². The van der Waals surface area contributed by atoms with Crippen LogP contribution in [0.1, 0.15) is 17.5 Å². The number of hydrogen-bond donors (Lipinski definition) is 1. The van der Waals surface area contributed by atoms with Gasteiger partial charge in [0.05, 0.1) is 10.1 Å². The van der Waals surface area contributed by atoms with Crippen LogP contribution in [-0.2, 0) is 10.1 Å². The third kappa shape index (κ3) is 6.43. The quantitative estimate of drug-likeness (QED) is 0.406. The molecule has 0 unspecified atom stereocenters. The van der Waals surface area contributed by atoms with Gasteiger partial charge in [0.25, 0.3) is 0 Å². The van der Waals surface area contributed by atoms with Gasteiger partial charge >= 0.3 is 29.6 Å². The molecule has 0 saturated heterocycles. The summed E-state index contributed by atoms with van der Waals surface area (Å²) in [5.74, 6) is -0.315. The zero-order chi connectivity index (χ0) is 12.2. The molecule has 90 valence electrons. The summed E-state index contributed by atoms with van der Waals surface area (Å²) >= 11 is 0. The standard InChI is InChI=1S/C11H17NO3S.Na/c1-9-5-3-6-10(2)11(9)12-7-4-8-16(13,14)15;/h3,5-6,12H,4,7-8H2,1-2H3,(H,13,14,15);/q;+1/p-1. The van der Waals surface area contributed by atoms with Crippen molar-refractivity contribution in [3.05, 3.63) is 29.3 Å². The third-order valence-electron chi connectivity index (χ3n) is 2.35. The monoisotopic (exact) mass is 265 g/mol. The zero-order valence-electron chi connectivity index (χ0n) is 10.5. The van der Waals surface area contributed by atoms with Gasteiger partial charge < -0.3 is 9.87 Å². The molecule has 0 atom stereocenters. The first-order valence-electron chi connectivity index (χ1n) is 5.14. The van der Waals surface area contributed by atoms with Crippen molar-refractivity contribution in [2.75, 3.05) is 17.6 Å². The maximum absolute atomic E-state index is 10.4. The fourth-order valence-electron chi connectivity index (χ4n) is 1.56. The van der Waals surface area contributed by atoms with Gasteiger partial charge in [-0.25, -0.2) is 8.42 Å². The average molecular weight is 265 g/mol. The number of rotatable bonds is 5. The maximum atomic E-state index is 10.4. The van der Waals surface area contributed by atoms with Crippen LogP contribution in [0.5, 0.6) is 0 Å². The molecule has 1 N–H and O–H groups in total. The van der Waals surface area contributed by atoms with Gasteiger partial charge in [0.2, 0.25) is 0 Å². The van der Waals surface area contributed by atoms with Crippen LogP contribution in [0.25, 0.3) is 0 Å². The van der Waals surface area contributed by atoms with E-state index in [1.54, 1.807) is 0 Å². The molecule has 0 saturated carbocycles. The van der Waals surface area contributed by atoms with Crippen LogP contribution in [0.2, 0.25) is 0 Å². The Morgan fingerprint density at radius 3 is 2.24 bits per heavy atom. The summed E-state index contributed by atoms with van der Waals surface area (Å²) in [5.41, 5.74) is 3.25. The SMILES string of the molecule is Cc1cccc(C)c1NCCCS(=O)(=O)[O-].[Na+]. The maximum Gasteiger partial charge on any atom is 1.00 e. The summed E-state index contributed by atoms with van der Waals surface area (Å²) in [4.78, 5) is 0.